The SMILES string of the molecule is Cc1ccc(/C=C/c2cccc(F)c2)c(F)c1.Cc1ccc(/C=C/c2cccc(F)c2)cc1.Cc1ccc(/C=C/c2cccc(F)c2)cc1F.Cc1ccc(F)c(/C=C/c2ccc(F)cc2)c1.Cc1ccc(F)c(/C=C/c2cccc(F)c2)c1.Fc1cccc(/C=C/c2cccc(F)c2)c1.Fc1ccccc1/C=C/c1c(F)cccc1F. The van der Waals surface area contributed by atoms with Crippen molar-refractivity contribution in [1.29, 1.82) is 0 Å². The van der Waals surface area contributed by atoms with Gasteiger partial charge in [0.25, 0.3) is 0 Å². The Morgan fingerprint density at radius 1 is 0.154 bits per heavy atom. The summed E-state index contributed by atoms with van der Waals surface area (Å²) in [5.74, 6) is -4.69. The topological polar surface area (TPSA) is 0 Å². The number of aryl methyl sites for hydroxylation is 5. The van der Waals surface area contributed by atoms with E-state index in [0.717, 1.165) is 67.8 Å². The summed E-state index contributed by atoms with van der Waals surface area (Å²) in [6.07, 6.45) is 23.6. The molecular weight excluding hydrogens is 1500 g/mol. The summed E-state index contributed by atoms with van der Waals surface area (Å²) < 4.78 is 184. The summed E-state index contributed by atoms with van der Waals surface area (Å²) in [6, 6.07) is 81.5. The molecule has 0 saturated carbocycles. The van der Waals surface area contributed by atoms with Crippen LogP contribution in [-0.2, 0) is 0 Å². The lowest BCUT2D eigenvalue weighted by atomic mass is 10.1. The molecule has 0 N–H and O–H groups in total. The average Bonchev–Trinajstić information content (AvgIpc) is 0.864. The quantitative estimate of drug-likeness (QED) is 0.0752. The fraction of sp³-hybridized carbons (Fsp3) is 0.0485. The average molecular weight is 1580 g/mol. The molecule has 0 aliphatic heterocycles. The molecular formula is C103H80F14. The highest BCUT2D eigenvalue weighted by Crippen LogP contribution is 2.22. The lowest BCUT2D eigenvalue weighted by molar-refractivity contribution is 0.578. The number of benzene rings is 14. The fourth-order valence-electron chi connectivity index (χ4n) is 10.6. The van der Waals surface area contributed by atoms with Crippen LogP contribution in [-0.4, -0.2) is 0 Å². The van der Waals surface area contributed by atoms with E-state index in [-0.39, 0.29) is 75.1 Å². The molecule has 0 amide bonds. The van der Waals surface area contributed by atoms with Gasteiger partial charge in [0.05, 0.1) is 0 Å². The molecule has 0 bridgehead atoms. The van der Waals surface area contributed by atoms with Gasteiger partial charge in [-0.05, 0) is 241 Å². The number of halogens is 14. The van der Waals surface area contributed by atoms with Crippen molar-refractivity contribution in [3.63, 3.8) is 0 Å². The molecule has 0 aliphatic carbocycles. The van der Waals surface area contributed by atoms with Crippen LogP contribution < -0.4 is 0 Å². The van der Waals surface area contributed by atoms with Gasteiger partial charge in [0.2, 0.25) is 0 Å². The predicted octanol–water partition coefficient (Wildman–Crippen LogP) is 30.5. The summed E-state index contributed by atoms with van der Waals surface area (Å²) in [6.45, 7) is 9.42. The molecule has 590 valence electrons. The van der Waals surface area contributed by atoms with Gasteiger partial charge in [-0.3, -0.25) is 0 Å². The number of rotatable bonds is 14. The van der Waals surface area contributed by atoms with E-state index in [2.05, 4.69) is 19.1 Å². The van der Waals surface area contributed by atoms with Crippen molar-refractivity contribution in [3.05, 3.63) is 497 Å². The van der Waals surface area contributed by atoms with Crippen molar-refractivity contribution in [1.82, 2.24) is 0 Å². The van der Waals surface area contributed by atoms with Gasteiger partial charge in [0, 0.05) is 27.8 Å². The van der Waals surface area contributed by atoms with Crippen molar-refractivity contribution in [2.45, 2.75) is 34.6 Å². The largest absolute Gasteiger partial charge is 0.207 e. The number of hydrogen-bond acceptors (Lipinski definition) is 0. The lowest BCUT2D eigenvalue weighted by Gasteiger charge is -1.99. The Hall–Kier alpha value is -13.7. The van der Waals surface area contributed by atoms with Crippen LogP contribution in [0.4, 0.5) is 61.5 Å². The highest BCUT2D eigenvalue weighted by atomic mass is 19.2. The van der Waals surface area contributed by atoms with Gasteiger partial charge in [-0.15, -0.1) is 0 Å². The molecule has 0 unspecified atom stereocenters. The van der Waals surface area contributed by atoms with E-state index < -0.39 is 17.5 Å². The van der Waals surface area contributed by atoms with Gasteiger partial charge in [0.1, 0.15) is 81.4 Å². The zero-order valence-electron chi connectivity index (χ0n) is 64.3. The highest BCUT2D eigenvalue weighted by Gasteiger charge is 2.07. The molecule has 14 aromatic carbocycles. The van der Waals surface area contributed by atoms with E-state index in [0.29, 0.717) is 33.4 Å². The Morgan fingerprint density at radius 2 is 0.436 bits per heavy atom. The monoisotopic (exact) mass is 1580 g/mol. The predicted molar refractivity (Wildman–Crippen MR) is 456 cm³/mol. The smallest absolute Gasteiger partial charge is 0.133 e. The minimum Gasteiger partial charge on any atom is -0.207 e. The summed E-state index contributed by atoms with van der Waals surface area (Å²) in [5.41, 5.74) is 13.7. The molecule has 0 fully saturated rings. The molecule has 0 spiro atoms. The van der Waals surface area contributed by atoms with E-state index in [1.165, 1.54) is 145 Å². The molecule has 117 heavy (non-hydrogen) atoms. The molecule has 0 atom stereocenters. The van der Waals surface area contributed by atoms with Crippen LogP contribution in [0.2, 0.25) is 0 Å². The lowest BCUT2D eigenvalue weighted by Crippen LogP contribution is -1.87. The maximum atomic E-state index is 13.5. The van der Waals surface area contributed by atoms with E-state index in [1.807, 2.05) is 63.3 Å². The Balaban J connectivity index is 0.000000170. The third-order valence-corrected chi connectivity index (χ3v) is 16.8. The summed E-state index contributed by atoms with van der Waals surface area (Å²) in [7, 11) is 0. The molecule has 14 rings (SSSR count). The second-order valence-electron chi connectivity index (χ2n) is 26.4. The van der Waals surface area contributed by atoms with Crippen molar-refractivity contribution in [2.24, 2.45) is 0 Å². The Morgan fingerprint density at radius 3 is 0.821 bits per heavy atom. The minimum atomic E-state index is -0.669. The van der Waals surface area contributed by atoms with Gasteiger partial charge in [-0.1, -0.05) is 266 Å². The van der Waals surface area contributed by atoms with Crippen LogP contribution in [0.3, 0.4) is 0 Å². The number of hydrogen-bond donors (Lipinski definition) is 0. The second kappa shape index (κ2) is 46.5. The third kappa shape index (κ3) is 32.4. The van der Waals surface area contributed by atoms with Crippen LogP contribution in [0.5, 0.6) is 0 Å². The first-order valence-electron chi connectivity index (χ1n) is 36.6. The maximum absolute atomic E-state index is 13.5. The fourth-order valence-corrected chi connectivity index (χ4v) is 10.6. The molecule has 14 aromatic rings. The zero-order valence-corrected chi connectivity index (χ0v) is 64.3. The van der Waals surface area contributed by atoms with Gasteiger partial charge >= 0.3 is 0 Å². The van der Waals surface area contributed by atoms with Crippen molar-refractivity contribution >= 4 is 85.1 Å². The molecule has 0 aliphatic rings. The standard InChI is InChI=1S/4C15H12F2.C15H13F.C14H9F3.C14H10F2/c1-11-2-9-15(17)13(10-11)6-3-12-4-7-14(16)8-5-12;1-11-5-8-15(17)13(9-11)7-6-12-3-2-4-14(16)10-12;1-11-5-7-13(15(17)9-11)8-6-12-3-2-4-14(16)10-12;1-11-5-6-13(10-15(11)17)8-7-12-3-2-4-14(16)9-12;1-12-5-7-13(8-6-12)9-10-14-3-2-4-15(16)11-14;15-12-5-2-1-4-10(12)8-9-11-13(16)6-3-7-14(11)17;15-13-5-1-3-11(9-13)7-8-12-4-2-6-14(16)10-12/h4*2-10H,1H3;2-11H,1H3;1-9H;1-10H/b6-3+;7-6+;8-6+;8-7+;10-9+;9-8+;8-7+. The van der Waals surface area contributed by atoms with E-state index in [9.17, 15) is 61.5 Å². The minimum absolute atomic E-state index is 0.171. The zero-order chi connectivity index (χ0) is 84.0. The normalized spacial score (nSPS) is 11.0. The van der Waals surface area contributed by atoms with E-state index >= 15 is 0 Å². The van der Waals surface area contributed by atoms with Crippen LogP contribution in [0.15, 0.2) is 309 Å². The summed E-state index contributed by atoms with van der Waals surface area (Å²) in [5, 5.41) is 0. The molecule has 0 saturated heterocycles. The van der Waals surface area contributed by atoms with Crippen molar-refractivity contribution < 1.29 is 61.5 Å². The first-order valence-corrected chi connectivity index (χ1v) is 36.6. The van der Waals surface area contributed by atoms with E-state index in [1.54, 1.807) is 195 Å². The van der Waals surface area contributed by atoms with Crippen LogP contribution in [0.25, 0.3) is 85.1 Å². The second-order valence-corrected chi connectivity index (χ2v) is 26.4. The van der Waals surface area contributed by atoms with Gasteiger partial charge in [-0.2, -0.15) is 0 Å². The first kappa shape index (κ1) is 88.8. The maximum Gasteiger partial charge on any atom is 0.133 e. The van der Waals surface area contributed by atoms with Crippen molar-refractivity contribution in [2.75, 3.05) is 0 Å². The van der Waals surface area contributed by atoms with Crippen molar-refractivity contribution in [3.8, 4) is 0 Å². The Labute approximate surface area is 674 Å². The van der Waals surface area contributed by atoms with Gasteiger partial charge in [0.15, 0.2) is 0 Å². The van der Waals surface area contributed by atoms with Gasteiger partial charge in [-0.25, -0.2) is 61.5 Å². The summed E-state index contributed by atoms with van der Waals surface area (Å²) in [4.78, 5) is 0. The summed E-state index contributed by atoms with van der Waals surface area (Å²) >= 11 is 0. The Bertz CT molecular complexity index is 5700. The van der Waals surface area contributed by atoms with Crippen LogP contribution >= 0.6 is 0 Å². The molecule has 14 heteroatoms. The van der Waals surface area contributed by atoms with Crippen LogP contribution in [0.1, 0.15) is 106 Å². The first-order chi connectivity index (χ1) is 56.2. The van der Waals surface area contributed by atoms with Gasteiger partial charge < -0.3 is 0 Å². The Kier molecular flexibility index (Phi) is 35.3. The van der Waals surface area contributed by atoms with Crippen LogP contribution in [0, 0.1) is 116 Å². The highest BCUT2D eigenvalue weighted by molar-refractivity contribution is 5.75. The molecule has 0 radical (unpaired) electrons. The molecule has 0 aromatic heterocycles. The molecule has 0 nitrogen and oxygen atoms in total. The third-order valence-electron chi connectivity index (χ3n) is 16.8. The molecule has 0 heterocycles. The van der Waals surface area contributed by atoms with E-state index in [4.69, 9.17) is 0 Å².